The third-order valence-corrected chi connectivity index (χ3v) is 6.76. The van der Waals surface area contributed by atoms with Crippen molar-refractivity contribution in [2.75, 3.05) is 6.54 Å². The molecule has 0 aromatic heterocycles. The van der Waals surface area contributed by atoms with E-state index in [1.54, 1.807) is 0 Å². The Morgan fingerprint density at radius 2 is 1.82 bits per heavy atom. The van der Waals surface area contributed by atoms with Crippen molar-refractivity contribution in [1.29, 1.82) is 0 Å². The topological polar surface area (TPSA) is 12.5 Å². The molecule has 1 aliphatic rings. The third-order valence-electron chi connectivity index (χ3n) is 6.76. The molecular weight excluding hydrogens is 341 g/mol. The van der Waals surface area contributed by atoms with Crippen LogP contribution in [-0.4, -0.2) is 37.1 Å². The first-order valence-corrected chi connectivity index (χ1v) is 12.2. The van der Waals surface area contributed by atoms with E-state index >= 15 is 0 Å². The molecular formula is C25H49BNO. The second-order valence-electron chi connectivity index (χ2n) is 9.80. The van der Waals surface area contributed by atoms with Gasteiger partial charge in [0.05, 0.1) is 0 Å². The van der Waals surface area contributed by atoms with Crippen molar-refractivity contribution in [3.63, 3.8) is 0 Å². The average Bonchev–Trinajstić information content (AvgIpc) is 2.62. The predicted molar refractivity (Wildman–Crippen MR) is 126 cm³/mol. The van der Waals surface area contributed by atoms with Crippen LogP contribution in [0.2, 0.25) is 5.82 Å². The minimum Gasteiger partial charge on any atom is -0.438 e. The first kappa shape index (κ1) is 25.8. The van der Waals surface area contributed by atoms with E-state index in [9.17, 15) is 0 Å². The lowest BCUT2D eigenvalue weighted by Gasteiger charge is -2.43. The van der Waals surface area contributed by atoms with E-state index in [0.29, 0.717) is 17.9 Å². The maximum atomic E-state index is 6.19. The molecule has 0 N–H and O–H groups in total. The molecule has 3 heteroatoms. The Kier molecular flexibility index (Phi) is 12.7. The molecule has 1 fully saturated rings. The van der Waals surface area contributed by atoms with E-state index in [-0.39, 0.29) is 6.10 Å². The van der Waals surface area contributed by atoms with Crippen molar-refractivity contribution in [3.8, 4) is 0 Å². The molecule has 0 bridgehead atoms. The fourth-order valence-corrected chi connectivity index (χ4v) is 5.02. The Bertz CT molecular complexity index is 434. The van der Waals surface area contributed by atoms with Gasteiger partial charge >= 0.3 is 0 Å². The van der Waals surface area contributed by atoms with E-state index in [1.807, 2.05) is 0 Å². The van der Waals surface area contributed by atoms with Gasteiger partial charge in [0.2, 0.25) is 0 Å². The zero-order valence-corrected chi connectivity index (χ0v) is 20.3. The highest BCUT2D eigenvalue weighted by Crippen LogP contribution is 2.39. The smallest absolute Gasteiger partial charge is 0.297 e. The Morgan fingerprint density at radius 1 is 1.14 bits per heavy atom. The van der Waals surface area contributed by atoms with E-state index in [1.165, 1.54) is 56.9 Å². The van der Waals surface area contributed by atoms with Gasteiger partial charge in [0.25, 0.3) is 7.48 Å². The Labute approximate surface area is 178 Å². The summed E-state index contributed by atoms with van der Waals surface area (Å²) in [5.74, 6) is 2.11. The zero-order chi connectivity index (χ0) is 21.1. The molecule has 0 aromatic carbocycles. The van der Waals surface area contributed by atoms with E-state index in [4.69, 9.17) is 4.65 Å². The van der Waals surface area contributed by atoms with E-state index < -0.39 is 0 Å². The van der Waals surface area contributed by atoms with Crippen LogP contribution in [0.4, 0.5) is 0 Å². The minimum atomic E-state index is 0.264. The molecule has 0 saturated heterocycles. The van der Waals surface area contributed by atoms with Crippen molar-refractivity contribution >= 4 is 7.48 Å². The first-order chi connectivity index (χ1) is 13.3. The molecule has 1 rings (SSSR count). The molecule has 2 nitrogen and oxygen atoms in total. The maximum Gasteiger partial charge on any atom is 0.297 e. The molecule has 1 radical (unpaired) electrons. The molecule has 4 unspecified atom stereocenters. The molecule has 0 heterocycles. The van der Waals surface area contributed by atoms with Crippen molar-refractivity contribution in [3.05, 3.63) is 11.6 Å². The number of hydrogen-bond acceptors (Lipinski definition) is 2. The average molecular weight is 390 g/mol. The fraction of sp³-hybridized carbons (Fsp3) is 0.920. The molecule has 1 aliphatic carbocycles. The molecule has 1 saturated carbocycles. The lowest BCUT2D eigenvalue weighted by atomic mass is 9.61. The van der Waals surface area contributed by atoms with Crippen LogP contribution in [0, 0.1) is 11.8 Å². The second kappa shape index (κ2) is 13.9. The van der Waals surface area contributed by atoms with E-state index in [2.05, 4.69) is 73.8 Å². The predicted octanol–water partition coefficient (Wildman–Crippen LogP) is 7.27. The highest BCUT2D eigenvalue weighted by atomic mass is 16.4. The summed E-state index contributed by atoms with van der Waals surface area (Å²) in [7, 11) is 2.27. The minimum absolute atomic E-state index is 0.264. The van der Waals surface area contributed by atoms with Crippen LogP contribution in [0.1, 0.15) is 107 Å². The van der Waals surface area contributed by atoms with Crippen molar-refractivity contribution in [2.24, 2.45) is 11.8 Å². The number of hydrogen-bond donors (Lipinski definition) is 0. The van der Waals surface area contributed by atoms with Gasteiger partial charge in [0, 0.05) is 18.2 Å². The summed E-state index contributed by atoms with van der Waals surface area (Å²) in [6.07, 6.45) is 13.3. The second-order valence-corrected chi connectivity index (χ2v) is 9.80. The maximum absolute atomic E-state index is 6.19. The molecule has 0 amide bonds. The van der Waals surface area contributed by atoms with Gasteiger partial charge in [0.15, 0.2) is 0 Å². The Balaban J connectivity index is 3.14. The highest BCUT2D eigenvalue weighted by Gasteiger charge is 2.36. The Hall–Kier alpha value is -0.275. The van der Waals surface area contributed by atoms with Crippen LogP contribution < -0.4 is 0 Å². The molecule has 163 valence electrons. The third kappa shape index (κ3) is 9.03. The van der Waals surface area contributed by atoms with Crippen LogP contribution in [0.25, 0.3) is 0 Å². The highest BCUT2D eigenvalue weighted by molar-refractivity contribution is 6.30. The Morgan fingerprint density at radius 3 is 2.39 bits per heavy atom. The molecule has 0 aliphatic heterocycles. The summed E-state index contributed by atoms with van der Waals surface area (Å²) in [5, 5.41) is 0. The van der Waals surface area contributed by atoms with Gasteiger partial charge in [-0.3, -0.25) is 4.90 Å². The summed E-state index contributed by atoms with van der Waals surface area (Å²) in [6.45, 7) is 19.4. The number of allylic oxidation sites excluding steroid dienone is 2. The van der Waals surface area contributed by atoms with Crippen molar-refractivity contribution in [1.82, 2.24) is 4.90 Å². The van der Waals surface area contributed by atoms with Gasteiger partial charge in [-0.15, -0.1) is 0 Å². The summed E-state index contributed by atoms with van der Waals surface area (Å²) in [4.78, 5) is 2.73. The quantitative estimate of drug-likeness (QED) is 0.272. The van der Waals surface area contributed by atoms with Crippen LogP contribution in [-0.2, 0) is 4.65 Å². The van der Waals surface area contributed by atoms with Crippen molar-refractivity contribution in [2.45, 2.75) is 131 Å². The van der Waals surface area contributed by atoms with Crippen LogP contribution in [0.5, 0.6) is 0 Å². The molecule has 28 heavy (non-hydrogen) atoms. The van der Waals surface area contributed by atoms with Gasteiger partial charge in [-0.2, -0.15) is 0 Å². The first-order valence-electron chi connectivity index (χ1n) is 12.2. The summed E-state index contributed by atoms with van der Waals surface area (Å²) >= 11 is 0. The lowest BCUT2D eigenvalue weighted by Crippen LogP contribution is -2.47. The van der Waals surface area contributed by atoms with Gasteiger partial charge in [-0.05, 0) is 85.0 Å². The van der Waals surface area contributed by atoms with Crippen LogP contribution >= 0.6 is 0 Å². The fourth-order valence-electron chi connectivity index (χ4n) is 5.02. The van der Waals surface area contributed by atoms with Gasteiger partial charge in [0.1, 0.15) is 0 Å². The van der Waals surface area contributed by atoms with Gasteiger partial charge in [-0.1, -0.05) is 57.6 Å². The monoisotopic (exact) mass is 390 g/mol. The van der Waals surface area contributed by atoms with E-state index in [0.717, 1.165) is 18.4 Å². The largest absolute Gasteiger partial charge is 0.438 e. The lowest BCUT2D eigenvalue weighted by molar-refractivity contribution is 0.111. The van der Waals surface area contributed by atoms with Crippen LogP contribution in [0.15, 0.2) is 11.6 Å². The SMILES string of the molecule is CC=C(C)CCC(C([B]OC(C)C)C1CCCCCC(C)C1)N(CC)C(C)C. The molecule has 0 aromatic rings. The summed E-state index contributed by atoms with van der Waals surface area (Å²) in [6, 6.07) is 1.14. The van der Waals surface area contributed by atoms with Gasteiger partial charge < -0.3 is 4.65 Å². The molecule has 4 atom stereocenters. The van der Waals surface area contributed by atoms with Gasteiger partial charge in [-0.25, -0.2) is 0 Å². The standard InChI is InChI=1S/C25H49BNO/c1-9-21(7)16-17-24(27(10-2)19(3)4)25(26-28-20(5)6)23-15-13-11-12-14-22(8)18-23/h9,19-20,22-25H,10-18H2,1-8H3. The zero-order valence-electron chi connectivity index (χ0n) is 20.3. The van der Waals surface area contributed by atoms with Crippen LogP contribution in [0.3, 0.4) is 0 Å². The summed E-state index contributed by atoms with van der Waals surface area (Å²) in [5.41, 5.74) is 1.51. The normalized spacial score (nSPS) is 24.3. The number of nitrogens with zero attached hydrogens (tertiary/aromatic N) is 1. The molecule has 0 spiro atoms. The number of rotatable bonds is 11. The van der Waals surface area contributed by atoms with Crippen molar-refractivity contribution < 1.29 is 4.65 Å². The summed E-state index contributed by atoms with van der Waals surface area (Å²) < 4.78 is 6.19.